The molecule has 1 aliphatic carbocycles. The molecule has 1 fully saturated rings. The summed E-state index contributed by atoms with van der Waals surface area (Å²) >= 11 is 6.24. The normalized spacial score (nSPS) is 16.4. The fourth-order valence-electron chi connectivity index (χ4n) is 4.83. The van der Waals surface area contributed by atoms with E-state index in [-0.39, 0.29) is 55.7 Å². The van der Waals surface area contributed by atoms with E-state index in [0.29, 0.717) is 45.3 Å². The second-order valence-electron chi connectivity index (χ2n) is 11.3. The fraction of sp³-hybridized carbons (Fsp3) is 0.333. The summed E-state index contributed by atoms with van der Waals surface area (Å²) < 4.78 is 37.0. The molecule has 4 aromatic rings. The number of quaternary nitrogens is 1. The van der Waals surface area contributed by atoms with E-state index in [9.17, 15) is 18.4 Å². The number of carbonyl (C=O) groups excluding carboxylic acids is 2. The minimum atomic E-state index is -1.08. The Labute approximate surface area is 269 Å². The summed E-state index contributed by atoms with van der Waals surface area (Å²) in [5.74, 6) is -1.80. The third-order valence-electron chi connectivity index (χ3n) is 7.15. The molecule has 3 N–H and O–H groups in total. The van der Waals surface area contributed by atoms with Crippen molar-refractivity contribution >= 4 is 40.6 Å². The molecule has 2 amide bonds. The minimum absolute atomic E-state index is 0.0190. The molecule has 0 aliphatic heterocycles. The van der Waals surface area contributed by atoms with E-state index in [4.69, 9.17) is 16.3 Å². The Morgan fingerprint density at radius 2 is 1.91 bits per heavy atom. The van der Waals surface area contributed by atoms with Crippen molar-refractivity contribution in [2.45, 2.75) is 18.9 Å². The maximum absolute atomic E-state index is 14.8. The third kappa shape index (κ3) is 7.21. The number of benzene rings is 2. The molecule has 2 aromatic heterocycles. The van der Waals surface area contributed by atoms with E-state index < -0.39 is 11.6 Å². The summed E-state index contributed by atoms with van der Waals surface area (Å²) in [6.07, 6.45) is 6.12. The molecule has 1 aliphatic rings. The van der Waals surface area contributed by atoms with E-state index in [0.717, 1.165) is 15.5 Å². The van der Waals surface area contributed by atoms with Crippen LogP contribution in [-0.2, 0) is 4.79 Å². The zero-order chi connectivity index (χ0) is 31.6. The van der Waals surface area contributed by atoms with E-state index >= 15 is 0 Å². The molecule has 44 heavy (non-hydrogen) atoms. The van der Waals surface area contributed by atoms with Gasteiger partial charge in [0.25, 0.3) is 0 Å². The number of rotatable bonds is 11. The Morgan fingerprint density at radius 3 is 2.61 bits per heavy atom. The van der Waals surface area contributed by atoms with Gasteiger partial charge in [0.15, 0.2) is 23.0 Å². The molecule has 2 heterocycles. The summed E-state index contributed by atoms with van der Waals surface area (Å²) in [6.45, 7) is 0.623. The zero-order valence-electron chi connectivity index (χ0n) is 24.6. The van der Waals surface area contributed by atoms with Crippen molar-refractivity contribution in [1.29, 1.82) is 0 Å². The second kappa shape index (κ2) is 13.2. The standard InChI is InChI=1S/C30H33ClF2IN7O3/c1-41(2,3)34-14-25(42)36-15-17-11-19(12-17)39-30(43)20-6-5-18(13-22(20)31)38-28-29-37-16-23(40(29)10-9-35-28)21-7-8-24(44-4)27(33)26(21)32/h5-10,13,16-17,19H,11-12,14-15H2,1-4H3,(H,35,38)(H,36,42)(H,39,43). The number of amides is 2. The average Bonchev–Trinajstić information content (AvgIpc) is 3.39. The van der Waals surface area contributed by atoms with Crippen LogP contribution in [0, 0.1) is 17.6 Å². The van der Waals surface area contributed by atoms with Crippen LogP contribution in [0.5, 0.6) is 5.75 Å². The quantitative estimate of drug-likeness (QED) is 0.122. The number of nitrogens with one attached hydrogen (secondary N) is 3. The van der Waals surface area contributed by atoms with E-state index in [1.54, 1.807) is 28.8 Å². The number of carbonyl (C=O) groups is 2. The van der Waals surface area contributed by atoms with Crippen LogP contribution in [0.4, 0.5) is 20.3 Å². The van der Waals surface area contributed by atoms with Crippen LogP contribution in [0.15, 0.2) is 48.9 Å². The molecule has 234 valence electrons. The van der Waals surface area contributed by atoms with Crippen molar-refractivity contribution in [2.24, 2.45) is 5.92 Å². The van der Waals surface area contributed by atoms with Crippen LogP contribution < -0.4 is 42.2 Å². The number of hydrogen-bond donors (Lipinski definition) is 3. The molecular weight excluding hydrogens is 707 g/mol. The van der Waals surface area contributed by atoms with Crippen molar-refractivity contribution in [3.63, 3.8) is 0 Å². The molecule has 0 atom stereocenters. The van der Waals surface area contributed by atoms with Crippen molar-refractivity contribution in [2.75, 3.05) is 44.5 Å². The number of imidazole rings is 1. The van der Waals surface area contributed by atoms with Crippen molar-refractivity contribution in [3.8, 4) is 17.0 Å². The molecular formula is C30H33ClF2IN7O3. The summed E-state index contributed by atoms with van der Waals surface area (Å²) in [5, 5.41) is 9.43. The van der Waals surface area contributed by atoms with Crippen LogP contribution in [0.2, 0.25) is 5.02 Å². The van der Waals surface area contributed by atoms with E-state index in [1.165, 1.54) is 31.6 Å². The van der Waals surface area contributed by atoms with Crippen LogP contribution in [-0.4, -0.2) is 74.1 Å². The summed E-state index contributed by atoms with van der Waals surface area (Å²) in [6, 6.07) is 7.74. The van der Waals surface area contributed by atoms with E-state index in [1.807, 2.05) is 0 Å². The number of methoxy groups -OCH3 is 1. The van der Waals surface area contributed by atoms with Crippen molar-refractivity contribution in [3.05, 3.63) is 71.1 Å². The van der Waals surface area contributed by atoms with Crippen molar-refractivity contribution in [1.82, 2.24) is 25.0 Å². The molecule has 10 nitrogen and oxygen atoms in total. The van der Waals surface area contributed by atoms with Gasteiger partial charge in [0.2, 0.25) is 5.82 Å². The summed E-state index contributed by atoms with van der Waals surface area (Å²) in [7, 11) is 7.57. The molecule has 2 aromatic carbocycles. The van der Waals surface area contributed by atoms with Gasteiger partial charge in [0.05, 0.1) is 19.0 Å². The Balaban J connectivity index is 1.19. The molecule has 1 saturated carbocycles. The Morgan fingerprint density at radius 1 is 1.14 bits per heavy atom. The van der Waals surface area contributed by atoms with Crippen LogP contribution in [0.25, 0.3) is 16.9 Å². The smallest absolute Gasteiger partial charge is 0.295 e. The van der Waals surface area contributed by atoms with Gasteiger partial charge in [-0.15, -0.1) is 0 Å². The maximum atomic E-state index is 14.8. The van der Waals surface area contributed by atoms with Crippen LogP contribution in [0.3, 0.4) is 0 Å². The van der Waals surface area contributed by atoms with Gasteiger partial charge in [0, 0.05) is 23.6 Å². The minimum Gasteiger partial charge on any atom is -0.295 e. The zero-order valence-corrected chi connectivity index (χ0v) is 27.5. The first-order chi connectivity index (χ1) is 20.9. The van der Waals surface area contributed by atoms with Crippen LogP contribution in [0.1, 0.15) is 23.2 Å². The van der Waals surface area contributed by atoms with Gasteiger partial charge in [0.1, 0.15) is 0 Å². The molecule has 0 radical (unpaired) electrons. The number of halogens is 4. The Kier molecular flexibility index (Phi) is 9.56. The number of ether oxygens (including phenoxy) is 1. The molecule has 0 unspecified atom stereocenters. The van der Waals surface area contributed by atoms with Crippen molar-refractivity contribution < 1.29 is 47.3 Å². The molecule has 14 heteroatoms. The monoisotopic (exact) mass is 739 g/mol. The average molecular weight is 740 g/mol. The molecule has 5 rings (SSSR count). The van der Waals surface area contributed by atoms with Gasteiger partial charge in [-0.3, -0.25) is 4.40 Å². The number of fused-ring (bicyclic) bond motifs is 1. The summed E-state index contributed by atoms with van der Waals surface area (Å²) in [5.41, 5.74) is 1.62. The SMILES string of the molecule is COc1ccc(-c2cnc3c(Nc4ccc(C(=O)NC5CC(CNC(=O)C[I-][N+](C)(C)C)C5)c(Cl)c4)nccn23)c(F)c1F. The van der Waals surface area contributed by atoms with Gasteiger partial charge in [-0.2, -0.15) is 4.39 Å². The molecule has 0 bridgehead atoms. The van der Waals surface area contributed by atoms with Gasteiger partial charge in [-0.05, 0) is 12.1 Å². The first kappa shape index (κ1) is 31.9. The number of hydrogen-bond acceptors (Lipinski definition) is 6. The number of anilines is 2. The third-order valence-corrected chi connectivity index (χ3v) is 10.5. The Bertz CT molecular complexity index is 1710. The Hall–Kier alpha value is -3.56. The molecule has 0 saturated heterocycles. The fourth-order valence-corrected chi connectivity index (χ4v) is 6.70. The van der Waals surface area contributed by atoms with Gasteiger partial charge >= 0.3 is 154 Å². The molecule has 0 spiro atoms. The second-order valence-corrected chi connectivity index (χ2v) is 16.0. The summed E-state index contributed by atoms with van der Waals surface area (Å²) in [4.78, 5) is 33.7. The van der Waals surface area contributed by atoms with Gasteiger partial charge in [-0.1, -0.05) is 0 Å². The van der Waals surface area contributed by atoms with Gasteiger partial charge in [-0.25, -0.2) is 14.4 Å². The predicted octanol–water partition coefficient (Wildman–Crippen LogP) is 1.41. The number of nitrogens with zero attached hydrogens (tertiary/aromatic N) is 4. The first-order valence-electron chi connectivity index (χ1n) is 13.8. The van der Waals surface area contributed by atoms with Gasteiger partial charge < -0.3 is 10.1 Å². The predicted molar refractivity (Wildman–Crippen MR) is 160 cm³/mol. The van der Waals surface area contributed by atoms with Crippen LogP contribution >= 0.6 is 11.6 Å². The number of alkyl halides is 1. The van der Waals surface area contributed by atoms with E-state index in [2.05, 4.69) is 47.1 Å². The number of aromatic nitrogens is 3. The first-order valence-corrected chi connectivity index (χ1v) is 16.7. The topological polar surface area (TPSA) is 110 Å².